The molecule has 148 valence electrons. The highest BCUT2D eigenvalue weighted by Crippen LogP contribution is 2.34. The van der Waals surface area contributed by atoms with Gasteiger partial charge in [-0.15, -0.1) is 0 Å². The van der Waals surface area contributed by atoms with Gasteiger partial charge in [0.15, 0.2) is 0 Å². The molecule has 0 aliphatic carbocycles. The molecule has 0 radical (unpaired) electrons. The summed E-state index contributed by atoms with van der Waals surface area (Å²) < 4.78 is 37.1. The number of hydrogen-bond donors (Lipinski definition) is 0. The van der Waals surface area contributed by atoms with Crippen molar-refractivity contribution < 1.29 is 13.2 Å². The van der Waals surface area contributed by atoms with Crippen LogP contribution in [0.4, 0.5) is 0 Å². The summed E-state index contributed by atoms with van der Waals surface area (Å²) in [7, 11) is -3.48. The molecule has 4 heterocycles. The van der Waals surface area contributed by atoms with Crippen LogP contribution in [0.25, 0.3) is 0 Å². The maximum Gasteiger partial charge on any atom is 0.246 e. The second kappa shape index (κ2) is 7.37. The van der Waals surface area contributed by atoms with Crippen LogP contribution < -0.4 is 0 Å². The van der Waals surface area contributed by atoms with Crippen molar-refractivity contribution >= 4 is 10.0 Å². The van der Waals surface area contributed by atoms with E-state index in [1.165, 1.54) is 6.20 Å². The summed E-state index contributed by atoms with van der Waals surface area (Å²) in [6.07, 6.45) is 8.65. The second-order valence-electron chi connectivity index (χ2n) is 7.30. The van der Waals surface area contributed by atoms with E-state index < -0.39 is 10.0 Å². The summed E-state index contributed by atoms with van der Waals surface area (Å²) in [5.74, 6) is 0.996. The van der Waals surface area contributed by atoms with Crippen LogP contribution in [0.3, 0.4) is 0 Å². The van der Waals surface area contributed by atoms with Crippen LogP contribution >= 0.6 is 0 Å². The number of aryl methyl sites for hydroxylation is 2. The number of rotatable bonds is 5. The number of imidazole rings is 1. The lowest BCUT2D eigenvalue weighted by atomic mass is 10.1. The summed E-state index contributed by atoms with van der Waals surface area (Å²) in [4.78, 5) is 4.87. The highest BCUT2D eigenvalue weighted by molar-refractivity contribution is 7.89. The molecule has 2 aliphatic rings. The molecule has 2 aromatic rings. The van der Waals surface area contributed by atoms with E-state index in [2.05, 4.69) is 21.6 Å². The maximum absolute atomic E-state index is 12.9. The molecule has 0 bridgehead atoms. The third kappa shape index (κ3) is 3.43. The Balaban J connectivity index is 1.49. The van der Waals surface area contributed by atoms with Crippen molar-refractivity contribution in [3.63, 3.8) is 0 Å². The van der Waals surface area contributed by atoms with Crippen molar-refractivity contribution in [2.24, 2.45) is 0 Å². The molecule has 27 heavy (non-hydrogen) atoms. The van der Waals surface area contributed by atoms with Crippen molar-refractivity contribution in [2.45, 2.75) is 63.1 Å². The van der Waals surface area contributed by atoms with E-state index >= 15 is 0 Å². The Hall–Kier alpha value is -1.71. The number of piperidine rings is 1. The van der Waals surface area contributed by atoms with Crippen molar-refractivity contribution in [3.05, 3.63) is 30.1 Å². The van der Waals surface area contributed by atoms with E-state index in [1.54, 1.807) is 15.2 Å². The lowest BCUT2D eigenvalue weighted by molar-refractivity contribution is 0.0982. The quantitative estimate of drug-likeness (QED) is 0.778. The van der Waals surface area contributed by atoms with Gasteiger partial charge >= 0.3 is 0 Å². The van der Waals surface area contributed by atoms with Gasteiger partial charge in [-0.3, -0.25) is 4.68 Å². The largest absolute Gasteiger partial charge is 0.370 e. The van der Waals surface area contributed by atoms with Gasteiger partial charge in [0.2, 0.25) is 10.0 Å². The molecule has 0 amide bonds. The number of sulfonamides is 1. The van der Waals surface area contributed by atoms with E-state index in [4.69, 9.17) is 4.74 Å². The molecule has 0 saturated carbocycles. The average molecular weight is 394 g/mol. The first-order valence-electron chi connectivity index (χ1n) is 9.68. The predicted octanol–water partition coefficient (Wildman–Crippen LogP) is 2.29. The summed E-state index contributed by atoms with van der Waals surface area (Å²) in [5.41, 5.74) is 1.12. The molecular weight excluding hydrogens is 366 g/mol. The molecule has 2 aliphatic heterocycles. The second-order valence-corrected chi connectivity index (χ2v) is 9.23. The normalized spacial score (nSPS) is 22.5. The van der Waals surface area contributed by atoms with E-state index in [-0.39, 0.29) is 17.0 Å². The van der Waals surface area contributed by atoms with Crippen LogP contribution in [0.2, 0.25) is 0 Å². The fourth-order valence-corrected chi connectivity index (χ4v) is 5.52. The third-order valence-corrected chi connectivity index (χ3v) is 7.44. The first-order chi connectivity index (χ1) is 13.0. The molecular formula is C18H27N5O3S. The minimum atomic E-state index is -3.48. The Bertz CT molecular complexity index is 890. The van der Waals surface area contributed by atoms with Gasteiger partial charge in [0.25, 0.3) is 0 Å². The number of hydrogen-bond acceptors (Lipinski definition) is 5. The molecule has 8 nitrogen and oxygen atoms in total. The third-order valence-electron chi connectivity index (χ3n) is 5.59. The van der Waals surface area contributed by atoms with E-state index in [0.717, 1.165) is 43.8 Å². The molecule has 0 N–H and O–H groups in total. The smallest absolute Gasteiger partial charge is 0.246 e. The number of aromatic nitrogens is 4. The molecule has 4 rings (SSSR count). The lowest BCUT2D eigenvalue weighted by Crippen LogP contribution is -2.39. The van der Waals surface area contributed by atoms with Gasteiger partial charge in [0.05, 0.1) is 6.20 Å². The zero-order valence-corrected chi connectivity index (χ0v) is 16.7. The first kappa shape index (κ1) is 18.6. The highest BCUT2D eigenvalue weighted by atomic mass is 32.2. The zero-order valence-electron chi connectivity index (χ0n) is 15.9. The summed E-state index contributed by atoms with van der Waals surface area (Å²) in [5, 5.41) is 4.10. The summed E-state index contributed by atoms with van der Waals surface area (Å²) in [6, 6.07) is 0.261. The van der Waals surface area contributed by atoms with Crippen molar-refractivity contribution in [3.8, 4) is 0 Å². The first-order valence-corrected chi connectivity index (χ1v) is 11.1. The van der Waals surface area contributed by atoms with E-state index in [0.29, 0.717) is 19.6 Å². The SMILES string of the molecule is CCn1cc(S(=O)(=O)N2CCC(n3c(C)cnc3C3CCCO3)CC2)cn1. The molecule has 2 fully saturated rings. The van der Waals surface area contributed by atoms with Crippen LogP contribution in [-0.2, 0) is 21.3 Å². The van der Waals surface area contributed by atoms with Crippen molar-refractivity contribution in [1.82, 2.24) is 23.6 Å². The van der Waals surface area contributed by atoms with Crippen LogP contribution in [0.5, 0.6) is 0 Å². The predicted molar refractivity (Wildman–Crippen MR) is 99.8 cm³/mol. The van der Waals surface area contributed by atoms with Crippen LogP contribution in [0.1, 0.15) is 56.3 Å². The standard InChI is InChI=1S/C18H27N5O3S/c1-3-21-13-16(12-20-21)27(24,25)22-8-6-15(7-9-22)23-14(2)11-19-18(23)17-5-4-10-26-17/h11-13,15,17H,3-10H2,1-2H3. The van der Waals surface area contributed by atoms with Gasteiger partial charge in [0, 0.05) is 50.4 Å². The van der Waals surface area contributed by atoms with Crippen molar-refractivity contribution in [1.29, 1.82) is 0 Å². The molecule has 0 aromatic carbocycles. The molecule has 2 aromatic heterocycles. The zero-order chi connectivity index (χ0) is 19.0. The fourth-order valence-electron chi connectivity index (χ4n) is 4.10. The lowest BCUT2D eigenvalue weighted by Gasteiger charge is -2.33. The summed E-state index contributed by atoms with van der Waals surface area (Å²) >= 11 is 0. The van der Waals surface area contributed by atoms with Crippen LogP contribution in [0, 0.1) is 6.92 Å². The monoisotopic (exact) mass is 393 g/mol. The number of ether oxygens (including phenoxy) is 1. The van der Waals surface area contributed by atoms with Gasteiger partial charge in [-0.1, -0.05) is 0 Å². The Kier molecular flexibility index (Phi) is 5.09. The van der Waals surface area contributed by atoms with Gasteiger partial charge in [0.1, 0.15) is 16.8 Å². The molecule has 1 atom stereocenters. The maximum atomic E-state index is 12.9. The van der Waals surface area contributed by atoms with Gasteiger partial charge in [-0.2, -0.15) is 9.40 Å². The fraction of sp³-hybridized carbons (Fsp3) is 0.667. The Labute approximate surface area is 160 Å². The molecule has 2 saturated heterocycles. The van der Waals surface area contributed by atoms with Gasteiger partial charge in [-0.25, -0.2) is 13.4 Å². The minimum Gasteiger partial charge on any atom is -0.370 e. The van der Waals surface area contributed by atoms with E-state index in [1.807, 2.05) is 13.1 Å². The van der Waals surface area contributed by atoms with Crippen molar-refractivity contribution in [2.75, 3.05) is 19.7 Å². The van der Waals surface area contributed by atoms with Crippen LogP contribution in [0.15, 0.2) is 23.5 Å². The minimum absolute atomic E-state index is 0.0698. The van der Waals surface area contributed by atoms with Crippen LogP contribution in [-0.4, -0.2) is 51.8 Å². The Morgan fingerprint density at radius 3 is 2.63 bits per heavy atom. The average Bonchev–Trinajstić information content (AvgIpc) is 3.42. The molecule has 0 spiro atoms. The Morgan fingerprint density at radius 2 is 2.00 bits per heavy atom. The summed E-state index contributed by atoms with van der Waals surface area (Å²) in [6.45, 7) is 6.46. The Morgan fingerprint density at radius 1 is 1.22 bits per heavy atom. The molecule has 9 heteroatoms. The topological polar surface area (TPSA) is 82.2 Å². The highest BCUT2D eigenvalue weighted by Gasteiger charge is 2.33. The number of nitrogens with zero attached hydrogens (tertiary/aromatic N) is 5. The van der Waals surface area contributed by atoms with Gasteiger partial charge < -0.3 is 9.30 Å². The molecule has 1 unspecified atom stereocenters. The van der Waals surface area contributed by atoms with E-state index in [9.17, 15) is 8.42 Å². The van der Waals surface area contributed by atoms with Gasteiger partial charge in [-0.05, 0) is 39.5 Å².